The Morgan fingerprint density at radius 3 is 2.09 bits per heavy atom. The lowest BCUT2D eigenvalue weighted by Crippen LogP contribution is -2.53. The van der Waals surface area contributed by atoms with Gasteiger partial charge in [-0.3, -0.25) is 13.9 Å². The average molecular weight is 620 g/mol. The summed E-state index contributed by atoms with van der Waals surface area (Å²) >= 11 is 0. The van der Waals surface area contributed by atoms with E-state index >= 15 is 0 Å². The maximum absolute atomic E-state index is 14.3. The van der Waals surface area contributed by atoms with E-state index in [-0.39, 0.29) is 29.3 Å². The summed E-state index contributed by atoms with van der Waals surface area (Å²) in [6.07, 6.45) is 4.36. The van der Waals surface area contributed by atoms with E-state index in [0.717, 1.165) is 46.7 Å². The number of rotatable bonds is 13. The predicted octanol–water partition coefficient (Wildman–Crippen LogP) is 6.19. The van der Waals surface area contributed by atoms with Crippen LogP contribution in [0.5, 0.6) is 5.75 Å². The van der Waals surface area contributed by atoms with Gasteiger partial charge in [0.2, 0.25) is 11.8 Å². The molecule has 1 fully saturated rings. The van der Waals surface area contributed by atoms with E-state index in [4.69, 9.17) is 4.74 Å². The molecule has 1 aliphatic rings. The number of methoxy groups -OCH3 is 1. The summed E-state index contributed by atoms with van der Waals surface area (Å²) in [6.45, 7) is 7.58. The number of hydrogen-bond acceptors (Lipinski definition) is 5. The fourth-order valence-corrected chi connectivity index (χ4v) is 7.02. The van der Waals surface area contributed by atoms with Gasteiger partial charge in [0.1, 0.15) is 18.3 Å². The molecule has 236 valence electrons. The molecule has 3 aromatic rings. The van der Waals surface area contributed by atoms with E-state index in [2.05, 4.69) is 19.2 Å². The number of anilines is 1. The zero-order chi connectivity index (χ0) is 31.9. The van der Waals surface area contributed by atoms with E-state index in [0.29, 0.717) is 17.9 Å². The van der Waals surface area contributed by atoms with Crippen LogP contribution in [-0.2, 0) is 26.2 Å². The number of aryl methyl sites for hydroxylation is 1. The lowest BCUT2D eigenvalue weighted by molar-refractivity contribution is -0.140. The van der Waals surface area contributed by atoms with Gasteiger partial charge in [-0.1, -0.05) is 75.6 Å². The number of ether oxygens (including phenoxy) is 1. The highest BCUT2D eigenvalue weighted by Gasteiger charge is 2.34. The maximum atomic E-state index is 14.3. The minimum absolute atomic E-state index is 0.0902. The molecule has 8 nitrogen and oxygen atoms in total. The maximum Gasteiger partial charge on any atom is 0.264 e. The van der Waals surface area contributed by atoms with Crippen LogP contribution in [0.3, 0.4) is 0 Å². The van der Waals surface area contributed by atoms with E-state index in [1.54, 1.807) is 43.5 Å². The van der Waals surface area contributed by atoms with Crippen LogP contribution in [0.1, 0.15) is 75.5 Å². The monoisotopic (exact) mass is 619 g/mol. The Labute approximate surface area is 262 Å². The van der Waals surface area contributed by atoms with Gasteiger partial charge in [-0.25, -0.2) is 8.42 Å². The molecule has 0 bridgehead atoms. The summed E-state index contributed by atoms with van der Waals surface area (Å²) in [5.74, 6) is 0.266. The second kappa shape index (κ2) is 14.8. The quantitative estimate of drug-likeness (QED) is 0.246. The Morgan fingerprint density at radius 2 is 1.55 bits per heavy atom. The fourth-order valence-electron chi connectivity index (χ4n) is 5.61. The minimum Gasteiger partial charge on any atom is -0.497 e. The average Bonchev–Trinajstić information content (AvgIpc) is 3.53. The van der Waals surface area contributed by atoms with Crippen molar-refractivity contribution in [3.8, 4) is 5.75 Å². The highest BCUT2D eigenvalue weighted by molar-refractivity contribution is 7.92. The number of benzene rings is 3. The molecular weight excluding hydrogens is 574 g/mol. The van der Waals surface area contributed by atoms with Crippen molar-refractivity contribution in [2.45, 2.75) is 89.2 Å². The van der Waals surface area contributed by atoms with Crippen molar-refractivity contribution < 1.29 is 22.7 Å². The lowest BCUT2D eigenvalue weighted by atomic mass is 10.0. The van der Waals surface area contributed by atoms with Gasteiger partial charge in [-0.2, -0.15) is 0 Å². The molecule has 1 aliphatic carbocycles. The topological polar surface area (TPSA) is 96.0 Å². The summed E-state index contributed by atoms with van der Waals surface area (Å²) in [5, 5.41) is 3.15. The third-order valence-corrected chi connectivity index (χ3v) is 10.1. The van der Waals surface area contributed by atoms with E-state index < -0.39 is 28.5 Å². The highest BCUT2D eigenvalue weighted by atomic mass is 32.2. The molecule has 1 atom stereocenters. The van der Waals surface area contributed by atoms with Crippen LogP contribution in [-0.4, -0.2) is 50.9 Å². The van der Waals surface area contributed by atoms with E-state index in [1.165, 1.54) is 4.90 Å². The van der Waals surface area contributed by atoms with Gasteiger partial charge < -0.3 is 15.0 Å². The second-order valence-electron chi connectivity index (χ2n) is 11.9. The molecule has 9 heteroatoms. The summed E-state index contributed by atoms with van der Waals surface area (Å²) in [7, 11) is -2.53. The Hall–Kier alpha value is -3.85. The molecule has 0 heterocycles. The molecule has 1 saturated carbocycles. The summed E-state index contributed by atoms with van der Waals surface area (Å²) < 4.78 is 34.7. The van der Waals surface area contributed by atoms with Gasteiger partial charge in [-0.15, -0.1) is 0 Å². The van der Waals surface area contributed by atoms with Gasteiger partial charge in [0, 0.05) is 12.6 Å². The molecule has 0 spiro atoms. The van der Waals surface area contributed by atoms with Gasteiger partial charge in [0.15, 0.2) is 0 Å². The SMILES string of the molecule is CC[C@@H](C(=O)NC1CCCC1)N(Cc1ccc(OC)cc1)C(=O)CN(c1ccc(C(C)C)cc1)S(=O)(=O)c1ccc(C)cc1. The second-order valence-corrected chi connectivity index (χ2v) is 13.7. The Bertz CT molecular complexity index is 1500. The zero-order valence-electron chi connectivity index (χ0n) is 26.5. The van der Waals surface area contributed by atoms with Crippen molar-refractivity contribution in [3.63, 3.8) is 0 Å². The van der Waals surface area contributed by atoms with Crippen molar-refractivity contribution in [3.05, 3.63) is 89.5 Å². The van der Waals surface area contributed by atoms with Crippen LogP contribution in [0, 0.1) is 6.92 Å². The standard InChI is InChI=1S/C35H45N3O5S/c1-6-33(35(40)36-29-9-7-8-10-29)37(23-27-13-19-31(43-5)20-14-27)34(39)24-38(30-17-15-28(16-18-30)25(2)3)44(41,42)32-21-11-26(4)12-22-32/h11-22,25,29,33H,6-10,23-24H2,1-5H3,(H,36,40)/t33-/m0/s1. The molecule has 2 amide bonds. The van der Waals surface area contributed by atoms with Gasteiger partial charge in [0.05, 0.1) is 17.7 Å². The number of hydrogen-bond donors (Lipinski definition) is 1. The van der Waals surface area contributed by atoms with E-state index in [9.17, 15) is 18.0 Å². The summed E-state index contributed by atoms with van der Waals surface area (Å²) in [6, 6.07) is 20.5. The molecule has 0 unspecified atom stereocenters. The largest absolute Gasteiger partial charge is 0.497 e. The molecule has 44 heavy (non-hydrogen) atoms. The third-order valence-electron chi connectivity index (χ3n) is 8.34. The first-order valence-electron chi connectivity index (χ1n) is 15.5. The number of carbonyl (C=O) groups is 2. The van der Waals surface area contributed by atoms with Crippen LogP contribution in [0.4, 0.5) is 5.69 Å². The van der Waals surface area contributed by atoms with Gasteiger partial charge in [0.25, 0.3) is 10.0 Å². The number of amides is 2. The summed E-state index contributed by atoms with van der Waals surface area (Å²) in [5.41, 5.74) is 3.18. The first-order valence-corrected chi connectivity index (χ1v) is 16.9. The Morgan fingerprint density at radius 1 is 0.932 bits per heavy atom. The zero-order valence-corrected chi connectivity index (χ0v) is 27.3. The fraction of sp³-hybridized carbons (Fsp3) is 0.429. The van der Waals surface area contributed by atoms with Crippen LogP contribution in [0.15, 0.2) is 77.7 Å². The van der Waals surface area contributed by atoms with Crippen molar-refractivity contribution >= 4 is 27.5 Å². The predicted molar refractivity (Wildman–Crippen MR) is 174 cm³/mol. The normalized spacial score (nSPS) is 14.3. The lowest BCUT2D eigenvalue weighted by Gasteiger charge is -2.34. The number of nitrogens with zero attached hydrogens (tertiary/aromatic N) is 2. The van der Waals surface area contributed by atoms with Gasteiger partial charge >= 0.3 is 0 Å². The van der Waals surface area contributed by atoms with Crippen LogP contribution in [0.2, 0.25) is 0 Å². The molecule has 4 rings (SSSR count). The van der Waals surface area contributed by atoms with Crippen LogP contribution < -0.4 is 14.4 Å². The molecule has 0 aromatic heterocycles. The Balaban J connectivity index is 1.72. The van der Waals surface area contributed by atoms with E-state index in [1.807, 2.05) is 50.2 Å². The van der Waals surface area contributed by atoms with Crippen molar-refractivity contribution in [2.75, 3.05) is 18.0 Å². The van der Waals surface area contributed by atoms with Crippen molar-refractivity contribution in [1.82, 2.24) is 10.2 Å². The molecular formula is C35H45N3O5S. The highest BCUT2D eigenvalue weighted by Crippen LogP contribution is 2.27. The Kier molecular flexibility index (Phi) is 11.1. The van der Waals surface area contributed by atoms with Crippen LogP contribution in [0.25, 0.3) is 0 Å². The minimum atomic E-state index is -4.12. The first-order chi connectivity index (χ1) is 21.0. The number of carbonyl (C=O) groups excluding carboxylic acids is 2. The number of nitrogens with one attached hydrogen (secondary N) is 1. The molecule has 1 N–H and O–H groups in total. The molecule has 3 aromatic carbocycles. The van der Waals surface area contributed by atoms with Gasteiger partial charge in [-0.05, 0) is 79.6 Å². The molecule has 0 radical (unpaired) electrons. The third kappa shape index (κ3) is 8.00. The number of sulfonamides is 1. The van der Waals surface area contributed by atoms with Crippen LogP contribution >= 0.6 is 0 Å². The first kappa shape index (κ1) is 33.1. The smallest absolute Gasteiger partial charge is 0.264 e. The van der Waals surface area contributed by atoms with Crippen molar-refractivity contribution in [2.24, 2.45) is 0 Å². The molecule has 0 aliphatic heterocycles. The molecule has 0 saturated heterocycles. The van der Waals surface area contributed by atoms with Crippen molar-refractivity contribution in [1.29, 1.82) is 0 Å². The summed E-state index contributed by atoms with van der Waals surface area (Å²) in [4.78, 5) is 29.6.